The van der Waals surface area contributed by atoms with Crippen LogP contribution in [0.2, 0.25) is 5.02 Å². The van der Waals surface area contributed by atoms with E-state index in [9.17, 15) is 4.79 Å². The van der Waals surface area contributed by atoms with Gasteiger partial charge in [-0.05, 0) is 59.5 Å². The minimum Gasteiger partial charge on any atom is -0.457 e. The number of aryl methyl sites for hydroxylation is 1. The van der Waals surface area contributed by atoms with E-state index < -0.39 is 0 Å². The van der Waals surface area contributed by atoms with E-state index in [0.29, 0.717) is 29.7 Å². The first-order chi connectivity index (χ1) is 15.9. The average molecular weight is 461 g/mol. The molecule has 0 aliphatic rings. The Hall–Kier alpha value is -3.24. The van der Waals surface area contributed by atoms with E-state index in [1.807, 2.05) is 49.5 Å². The Balaban J connectivity index is 1.70. The molecule has 0 saturated carbocycles. The van der Waals surface area contributed by atoms with Crippen molar-refractivity contribution in [3.8, 4) is 11.5 Å². The number of fused-ring (bicyclic) bond motifs is 1. The Morgan fingerprint density at radius 3 is 2.52 bits per heavy atom. The molecule has 33 heavy (non-hydrogen) atoms. The maximum atomic E-state index is 12.9. The monoisotopic (exact) mass is 460 g/mol. The molecule has 0 bridgehead atoms. The fourth-order valence-corrected chi connectivity index (χ4v) is 4.19. The number of halogens is 1. The number of nitrogens with one attached hydrogen (secondary N) is 1. The van der Waals surface area contributed by atoms with E-state index in [1.165, 1.54) is 0 Å². The highest BCUT2D eigenvalue weighted by Gasteiger charge is 2.23. The molecule has 1 N–H and O–H groups in total. The second-order valence-electron chi connectivity index (χ2n) is 8.80. The second kappa shape index (κ2) is 10.1. The normalized spacial score (nSPS) is 12.2. The number of aromatic nitrogens is 1. The van der Waals surface area contributed by atoms with Crippen molar-refractivity contribution < 1.29 is 9.53 Å². The third kappa shape index (κ3) is 5.58. The molecule has 4 nitrogen and oxygen atoms in total. The van der Waals surface area contributed by atoms with Crippen LogP contribution in [-0.4, -0.2) is 17.0 Å². The minimum absolute atomic E-state index is 0.0469. The molecule has 0 fully saturated rings. The number of ether oxygens (including phenoxy) is 1. The summed E-state index contributed by atoms with van der Waals surface area (Å²) in [5.74, 6) is 1.79. The molecule has 1 atom stereocenters. The lowest BCUT2D eigenvalue weighted by Crippen LogP contribution is -2.28. The maximum absolute atomic E-state index is 12.9. The number of carbonyl (C=O) groups is 1. The Morgan fingerprint density at radius 2 is 1.76 bits per heavy atom. The zero-order valence-corrected chi connectivity index (χ0v) is 20.0. The molecule has 0 radical (unpaired) electrons. The van der Waals surface area contributed by atoms with Crippen LogP contribution in [-0.2, 0) is 11.8 Å². The highest BCUT2D eigenvalue weighted by molar-refractivity contribution is 6.30. The van der Waals surface area contributed by atoms with Crippen LogP contribution < -0.4 is 10.1 Å². The number of para-hydroxylation sites is 1. The van der Waals surface area contributed by atoms with E-state index in [-0.39, 0.29) is 11.8 Å². The van der Waals surface area contributed by atoms with Gasteiger partial charge in [-0.2, -0.15) is 0 Å². The van der Waals surface area contributed by atoms with Gasteiger partial charge in [-0.15, -0.1) is 0 Å². The third-order valence-electron chi connectivity index (χ3n) is 5.71. The van der Waals surface area contributed by atoms with Crippen LogP contribution in [0.1, 0.15) is 37.3 Å². The van der Waals surface area contributed by atoms with Gasteiger partial charge in [0, 0.05) is 48.1 Å². The van der Waals surface area contributed by atoms with Crippen molar-refractivity contribution >= 4 is 28.4 Å². The number of carbonyl (C=O) groups excluding carboxylic acids is 1. The number of hydrogen-bond donors (Lipinski definition) is 1. The fraction of sp³-hybridized carbons (Fsp3) is 0.250. The van der Waals surface area contributed by atoms with Crippen molar-refractivity contribution in [2.24, 2.45) is 13.0 Å². The Bertz CT molecular complexity index is 1240. The van der Waals surface area contributed by atoms with Gasteiger partial charge < -0.3 is 14.6 Å². The van der Waals surface area contributed by atoms with E-state index >= 15 is 0 Å². The van der Waals surface area contributed by atoms with Crippen molar-refractivity contribution in [2.75, 3.05) is 6.54 Å². The van der Waals surface area contributed by atoms with Gasteiger partial charge in [0.2, 0.25) is 5.91 Å². The first-order valence-electron chi connectivity index (χ1n) is 11.2. The Labute approximate surface area is 200 Å². The first kappa shape index (κ1) is 22.9. The van der Waals surface area contributed by atoms with Crippen LogP contribution in [0.15, 0.2) is 79.0 Å². The second-order valence-corrected chi connectivity index (χ2v) is 9.23. The summed E-state index contributed by atoms with van der Waals surface area (Å²) in [7, 11) is 2.04. The number of benzene rings is 3. The number of amides is 1. The summed E-state index contributed by atoms with van der Waals surface area (Å²) in [6, 6.07) is 23.6. The summed E-state index contributed by atoms with van der Waals surface area (Å²) < 4.78 is 8.20. The van der Waals surface area contributed by atoms with Crippen LogP contribution in [0.3, 0.4) is 0 Å². The number of rotatable bonds is 8. The van der Waals surface area contributed by atoms with Gasteiger partial charge in [-0.3, -0.25) is 4.79 Å². The molecule has 170 valence electrons. The smallest absolute Gasteiger partial charge is 0.220 e. The quantitative estimate of drug-likeness (QED) is 0.310. The summed E-state index contributed by atoms with van der Waals surface area (Å²) in [6.07, 6.45) is 2.50. The summed E-state index contributed by atoms with van der Waals surface area (Å²) in [5, 5.41) is 4.90. The molecule has 1 heterocycles. The number of nitrogens with zero attached hydrogens (tertiary/aromatic N) is 1. The van der Waals surface area contributed by atoms with E-state index in [0.717, 1.165) is 27.8 Å². The fourth-order valence-electron chi connectivity index (χ4n) is 4.07. The lowest BCUT2D eigenvalue weighted by Gasteiger charge is -2.19. The Kier molecular flexibility index (Phi) is 7.05. The summed E-state index contributed by atoms with van der Waals surface area (Å²) in [4.78, 5) is 12.9. The van der Waals surface area contributed by atoms with Gasteiger partial charge in [0.05, 0.1) is 0 Å². The molecule has 3 aromatic carbocycles. The molecule has 1 amide bonds. The summed E-state index contributed by atoms with van der Waals surface area (Å²) in [5.41, 5.74) is 3.32. The molecule has 5 heteroatoms. The largest absolute Gasteiger partial charge is 0.457 e. The molecular weight excluding hydrogens is 432 g/mol. The van der Waals surface area contributed by atoms with Gasteiger partial charge in [-0.25, -0.2) is 0 Å². The molecule has 4 aromatic rings. The predicted molar refractivity (Wildman–Crippen MR) is 135 cm³/mol. The van der Waals surface area contributed by atoms with Gasteiger partial charge in [-0.1, -0.05) is 55.8 Å². The maximum Gasteiger partial charge on any atom is 0.220 e. The van der Waals surface area contributed by atoms with E-state index in [2.05, 4.69) is 48.1 Å². The van der Waals surface area contributed by atoms with Crippen LogP contribution in [0.4, 0.5) is 0 Å². The molecule has 0 unspecified atom stereocenters. The molecule has 0 spiro atoms. The zero-order chi connectivity index (χ0) is 23.4. The van der Waals surface area contributed by atoms with Crippen molar-refractivity contribution in [1.82, 2.24) is 9.88 Å². The SMILES string of the molecule is CC(C)CNC(=O)C[C@H](c1cccc(Oc2ccc(Cl)cc2)c1)c1cn(C)c2ccccc12. The van der Waals surface area contributed by atoms with Crippen molar-refractivity contribution in [3.05, 3.63) is 95.1 Å². The molecule has 0 saturated heterocycles. The first-order valence-corrected chi connectivity index (χ1v) is 11.6. The molecule has 0 aliphatic carbocycles. The van der Waals surface area contributed by atoms with E-state index in [4.69, 9.17) is 16.3 Å². The van der Waals surface area contributed by atoms with Crippen LogP contribution >= 0.6 is 11.6 Å². The van der Waals surface area contributed by atoms with Gasteiger partial charge >= 0.3 is 0 Å². The summed E-state index contributed by atoms with van der Waals surface area (Å²) in [6.45, 7) is 4.86. The van der Waals surface area contributed by atoms with E-state index in [1.54, 1.807) is 12.1 Å². The molecule has 0 aliphatic heterocycles. The van der Waals surface area contributed by atoms with Gasteiger partial charge in [0.15, 0.2) is 0 Å². The van der Waals surface area contributed by atoms with Crippen LogP contribution in [0, 0.1) is 5.92 Å². The Morgan fingerprint density at radius 1 is 1.00 bits per heavy atom. The minimum atomic E-state index is -0.1000. The molecular formula is C28H29ClN2O2. The topological polar surface area (TPSA) is 43.3 Å². The van der Waals surface area contributed by atoms with Crippen LogP contribution in [0.25, 0.3) is 10.9 Å². The lowest BCUT2D eigenvalue weighted by molar-refractivity contribution is -0.121. The average Bonchev–Trinajstić information content (AvgIpc) is 3.14. The molecule has 1 aromatic heterocycles. The molecule has 4 rings (SSSR count). The van der Waals surface area contributed by atoms with Gasteiger partial charge in [0.25, 0.3) is 0 Å². The third-order valence-corrected chi connectivity index (χ3v) is 5.96. The van der Waals surface area contributed by atoms with Crippen molar-refractivity contribution in [2.45, 2.75) is 26.2 Å². The van der Waals surface area contributed by atoms with Crippen molar-refractivity contribution in [1.29, 1.82) is 0 Å². The highest BCUT2D eigenvalue weighted by atomic mass is 35.5. The van der Waals surface area contributed by atoms with Crippen molar-refractivity contribution in [3.63, 3.8) is 0 Å². The number of hydrogen-bond acceptors (Lipinski definition) is 2. The highest BCUT2D eigenvalue weighted by Crippen LogP contribution is 2.36. The van der Waals surface area contributed by atoms with Crippen LogP contribution in [0.5, 0.6) is 11.5 Å². The summed E-state index contributed by atoms with van der Waals surface area (Å²) >= 11 is 6.00. The predicted octanol–water partition coefficient (Wildman–Crippen LogP) is 6.92. The standard InChI is InChI=1S/C28H29ClN2O2/c1-19(2)17-30-28(32)16-25(26-18-31(3)27-10-5-4-9-24(26)27)20-7-6-8-23(15-20)33-22-13-11-21(29)12-14-22/h4-15,18-19,25H,16-17H2,1-3H3,(H,30,32)/t25-/m1/s1. The zero-order valence-electron chi connectivity index (χ0n) is 19.2. The van der Waals surface area contributed by atoms with Gasteiger partial charge in [0.1, 0.15) is 11.5 Å². The lowest BCUT2D eigenvalue weighted by atomic mass is 9.88.